The molecule has 0 saturated carbocycles. The molecule has 0 atom stereocenters. The summed E-state index contributed by atoms with van der Waals surface area (Å²) >= 11 is 0. The summed E-state index contributed by atoms with van der Waals surface area (Å²) < 4.78 is 0. The van der Waals surface area contributed by atoms with Gasteiger partial charge in [0.1, 0.15) is 0 Å². The van der Waals surface area contributed by atoms with Gasteiger partial charge in [-0.05, 0) is 18.9 Å². The van der Waals surface area contributed by atoms with E-state index in [9.17, 15) is 9.59 Å². The summed E-state index contributed by atoms with van der Waals surface area (Å²) in [6.45, 7) is 9.77. The molecule has 6 heteroatoms. The molecule has 6 nitrogen and oxygen atoms in total. The van der Waals surface area contributed by atoms with Gasteiger partial charge in [-0.2, -0.15) is 0 Å². The summed E-state index contributed by atoms with van der Waals surface area (Å²) in [4.78, 5) is 28.0. The lowest BCUT2D eigenvalue weighted by atomic mass is 10.0. The number of hydrogen-bond donors (Lipinski definition) is 2. The lowest BCUT2D eigenvalue weighted by Crippen LogP contribution is -2.51. The van der Waals surface area contributed by atoms with Gasteiger partial charge in [0.2, 0.25) is 11.8 Å². The standard InChI is InChI=1S/C15H26N4O2/c1-3-4-17-14(20)11-18-5-7-19(8-6-18)15(21)12(2)13-9-16-10-13/h16H,3-11H2,1-2H3,(H,17,20). The molecule has 0 aromatic rings. The predicted molar refractivity (Wildman–Crippen MR) is 81.9 cm³/mol. The van der Waals surface area contributed by atoms with Gasteiger partial charge >= 0.3 is 0 Å². The number of rotatable bonds is 5. The van der Waals surface area contributed by atoms with Gasteiger partial charge in [-0.25, -0.2) is 0 Å². The number of carbonyl (C=O) groups excluding carboxylic acids is 2. The molecule has 118 valence electrons. The molecule has 21 heavy (non-hydrogen) atoms. The van der Waals surface area contributed by atoms with Gasteiger partial charge in [0.25, 0.3) is 0 Å². The Labute approximate surface area is 126 Å². The summed E-state index contributed by atoms with van der Waals surface area (Å²) in [5.41, 5.74) is 2.12. The first-order valence-electron chi connectivity index (χ1n) is 7.79. The highest BCUT2D eigenvalue weighted by Gasteiger charge is 2.25. The fraction of sp³-hybridized carbons (Fsp3) is 0.733. The van der Waals surface area contributed by atoms with E-state index in [-0.39, 0.29) is 11.8 Å². The monoisotopic (exact) mass is 294 g/mol. The van der Waals surface area contributed by atoms with Gasteiger partial charge in [-0.3, -0.25) is 14.5 Å². The van der Waals surface area contributed by atoms with E-state index in [0.29, 0.717) is 19.6 Å². The summed E-state index contributed by atoms with van der Waals surface area (Å²) in [7, 11) is 0. The van der Waals surface area contributed by atoms with E-state index < -0.39 is 0 Å². The topological polar surface area (TPSA) is 64.7 Å². The van der Waals surface area contributed by atoms with Crippen LogP contribution in [-0.4, -0.2) is 74.0 Å². The molecular weight excluding hydrogens is 268 g/mol. The minimum absolute atomic E-state index is 0.0791. The number of nitrogens with zero attached hydrogens (tertiary/aromatic N) is 2. The largest absolute Gasteiger partial charge is 0.355 e. The Morgan fingerprint density at radius 3 is 2.38 bits per heavy atom. The zero-order chi connectivity index (χ0) is 15.2. The molecule has 0 aromatic heterocycles. The van der Waals surface area contributed by atoms with Gasteiger partial charge in [-0.15, -0.1) is 0 Å². The van der Waals surface area contributed by atoms with Crippen LogP contribution < -0.4 is 10.6 Å². The molecule has 2 saturated heterocycles. The molecule has 0 aromatic carbocycles. The quantitative estimate of drug-likeness (QED) is 0.676. The normalized spacial score (nSPS) is 19.1. The Balaban J connectivity index is 1.75. The second-order valence-electron chi connectivity index (χ2n) is 5.75. The van der Waals surface area contributed by atoms with E-state index in [0.717, 1.165) is 44.7 Å². The first kappa shape index (κ1) is 16.0. The Morgan fingerprint density at radius 1 is 1.19 bits per heavy atom. The third-order valence-corrected chi connectivity index (χ3v) is 4.13. The molecule has 2 amide bonds. The van der Waals surface area contributed by atoms with Gasteiger partial charge < -0.3 is 15.5 Å². The average molecular weight is 294 g/mol. The van der Waals surface area contributed by atoms with E-state index in [1.165, 1.54) is 5.57 Å². The maximum atomic E-state index is 12.3. The molecule has 2 aliphatic heterocycles. The average Bonchev–Trinajstić information content (AvgIpc) is 2.43. The molecular formula is C15H26N4O2. The third-order valence-electron chi connectivity index (χ3n) is 4.13. The number of amides is 2. The van der Waals surface area contributed by atoms with Gasteiger partial charge in [0.15, 0.2) is 0 Å². The summed E-state index contributed by atoms with van der Waals surface area (Å²) in [5, 5.41) is 6.05. The van der Waals surface area contributed by atoms with Crippen molar-refractivity contribution in [2.24, 2.45) is 0 Å². The molecule has 0 unspecified atom stereocenters. The minimum Gasteiger partial charge on any atom is -0.355 e. The Bertz CT molecular complexity index is 419. The van der Waals surface area contributed by atoms with Crippen LogP contribution in [0.1, 0.15) is 20.3 Å². The second kappa shape index (κ2) is 7.56. The fourth-order valence-electron chi connectivity index (χ4n) is 2.54. The number of nitrogens with one attached hydrogen (secondary N) is 2. The van der Waals surface area contributed by atoms with E-state index in [1.54, 1.807) is 0 Å². The molecule has 2 heterocycles. The minimum atomic E-state index is 0.0791. The first-order chi connectivity index (χ1) is 10.1. The summed E-state index contributed by atoms with van der Waals surface area (Å²) in [6.07, 6.45) is 0.955. The van der Waals surface area contributed by atoms with Gasteiger partial charge in [-0.1, -0.05) is 6.92 Å². The number of carbonyl (C=O) groups is 2. The van der Waals surface area contributed by atoms with Crippen molar-refractivity contribution in [3.05, 3.63) is 11.1 Å². The summed E-state index contributed by atoms with van der Waals surface area (Å²) in [5.74, 6) is 0.233. The van der Waals surface area contributed by atoms with Gasteiger partial charge in [0.05, 0.1) is 6.54 Å². The highest BCUT2D eigenvalue weighted by atomic mass is 16.2. The first-order valence-corrected chi connectivity index (χ1v) is 7.79. The van der Waals surface area contributed by atoms with Crippen molar-refractivity contribution in [1.82, 2.24) is 20.4 Å². The Hall–Kier alpha value is -1.40. The highest BCUT2D eigenvalue weighted by molar-refractivity contribution is 5.94. The maximum Gasteiger partial charge on any atom is 0.249 e. The molecule has 2 N–H and O–H groups in total. The highest BCUT2D eigenvalue weighted by Crippen LogP contribution is 2.13. The smallest absolute Gasteiger partial charge is 0.249 e. The van der Waals surface area contributed by atoms with E-state index in [4.69, 9.17) is 0 Å². The predicted octanol–water partition coefficient (Wildman–Crippen LogP) is -0.423. The number of piperazine rings is 1. The molecule has 0 aliphatic carbocycles. The van der Waals surface area contributed by atoms with Crippen LogP contribution in [-0.2, 0) is 9.59 Å². The zero-order valence-corrected chi connectivity index (χ0v) is 13.1. The maximum absolute atomic E-state index is 12.3. The Kier molecular flexibility index (Phi) is 5.76. The molecule has 0 spiro atoms. The lowest BCUT2D eigenvalue weighted by molar-refractivity contribution is -0.129. The van der Waals surface area contributed by atoms with Gasteiger partial charge in [0, 0.05) is 51.4 Å². The molecule has 2 fully saturated rings. The summed E-state index contributed by atoms with van der Waals surface area (Å²) in [6, 6.07) is 0. The molecule has 0 radical (unpaired) electrons. The van der Waals surface area contributed by atoms with Crippen LogP contribution in [0.2, 0.25) is 0 Å². The van der Waals surface area contributed by atoms with E-state index in [2.05, 4.69) is 15.5 Å². The van der Waals surface area contributed by atoms with Crippen LogP contribution in [0, 0.1) is 0 Å². The van der Waals surface area contributed by atoms with Crippen LogP contribution in [0.25, 0.3) is 0 Å². The van der Waals surface area contributed by atoms with Crippen molar-refractivity contribution in [2.45, 2.75) is 20.3 Å². The molecule has 0 bridgehead atoms. The SMILES string of the molecule is CCCNC(=O)CN1CCN(C(=O)C(C)=C2CNC2)CC1. The van der Waals surface area contributed by atoms with Crippen LogP contribution in [0.15, 0.2) is 11.1 Å². The Morgan fingerprint density at radius 2 is 1.86 bits per heavy atom. The van der Waals surface area contributed by atoms with E-state index in [1.807, 2.05) is 18.7 Å². The van der Waals surface area contributed by atoms with Crippen molar-refractivity contribution < 1.29 is 9.59 Å². The third kappa shape index (κ3) is 4.28. The van der Waals surface area contributed by atoms with Crippen LogP contribution >= 0.6 is 0 Å². The lowest BCUT2D eigenvalue weighted by Gasteiger charge is -2.35. The number of hydrogen-bond acceptors (Lipinski definition) is 4. The fourth-order valence-corrected chi connectivity index (χ4v) is 2.54. The van der Waals surface area contributed by atoms with Crippen LogP contribution in [0.4, 0.5) is 0 Å². The van der Waals surface area contributed by atoms with E-state index >= 15 is 0 Å². The van der Waals surface area contributed by atoms with Crippen LogP contribution in [0.5, 0.6) is 0 Å². The molecule has 2 rings (SSSR count). The zero-order valence-electron chi connectivity index (χ0n) is 13.1. The van der Waals surface area contributed by atoms with Crippen molar-refractivity contribution in [3.8, 4) is 0 Å². The molecule has 2 aliphatic rings. The van der Waals surface area contributed by atoms with Crippen molar-refractivity contribution >= 4 is 11.8 Å². The second-order valence-corrected chi connectivity index (χ2v) is 5.75. The van der Waals surface area contributed by atoms with Crippen molar-refractivity contribution in [3.63, 3.8) is 0 Å². The van der Waals surface area contributed by atoms with Crippen LogP contribution in [0.3, 0.4) is 0 Å². The van der Waals surface area contributed by atoms with Crippen molar-refractivity contribution in [1.29, 1.82) is 0 Å². The van der Waals surface area contributed by atoms with Crippen molar-refractivity contribution in [2.75, 3.05) is 52.4 Å².